The van der Waals surface area contributed by atoms with Crippen LogP contribution in [0.1, 0.15) is 78.6 Å². The Hall–Kier alpha value is 0.429. The summed E-state index contributed by atoms with van der Waals surface area (Å²) in [6, 6.07) is 0. The first kappa shape index (κ1) is 21.7. The molecule has 0 aromatic rings. The van der Waals surface area contributed by atoms with Gasteiger partial charge in [-0.15, -0.1) is 0 Å². The number of fused-ring (bicyclic) bond motifs is 1. The first-order valence-corrected chi connectivity index (χ1v) is 19.3. The fourth-order valence-electron chi connectivity index (χ4n) is 5.67. The number of carbonyl (C=O) groups is 1. The van der Waals surface area contributed by atoms with E-state index in [-0.39, 0.29) is 0 Å². The number of unbranched alkanes of at least 4 members (excludes halogenated alkanes) is 3. The van der Waals surface area contributed by atoms with E-state index in [1.165, 1.54) is 62.1 Å². The van der Waals surface area contributed by atoms with E-state index in [9.17, 15) is 4.79 Å². The topological polar surface area (TPSA) is 26.3 Å². The van der Waals surface area contributed by atoms with Crippen LogP contribution in [-0.4, -0.2) is 37.4 Å². The van der Waals surface area contributed by atoms with E-state index in [4.69, 9.17) is 4.74 Å². The van der Waals surface area contributed by atoms with Crippen molar-refractivity contribution in [1.29, 1.82) is 0 Å². The van der Waals surface area contributed by atoms with Crippen LogP contribution in [-0.2, 0) is 9.53 Å². The fourth-order valence-corrected chi connectivity index (χ4v) is 23.3. The molecule has 4 atom stereocenters. The van der Waals surface area contributed by atoms with Crippen molar-refractivity contribution in [3.8, 4) is 0 Å². The van der Waals surface area contributed by atoms with Gasteiger partial charge in [0.05, 0.1) is 0 Å². The minimum atomic E-state index is -2.13. The summed E-state index contributed by atoms with van der Waals surface area (Å²) < 4.78 is 12.5. The summed E-state index contributed by atoms with van der Waals surface area (Å²) in [6.45, 7) is 8.03. The van der Waals surface area contributed by atoms with Gasteiger partial charge in [-0.1, -0.05) is 0 Å². The maximum absolute atomic E-state index is 11.7. The molecule has 2 rings (SSSR count). The molecule has 0 bridgehead atoms. The second-order valence-electron chi connectivity index (χ2n) is 8.95. The maximum atomic E-state index is 11.7. The fraction of sp³-hybridized carbons (Fsp3) is 0.955. The van der Waals surface area contributed by atoms with Gasteiger partial charge in [-0.3, -0.25) is 0 Å². The van der Waals surface area contributed by atoms with Gasteiger partial charge in [0.1, 0.15) is 0 Å². The normalized spacial score (nSPS) is 29.6. The van der Waals surface area contributed by atoms with E-state index in [0.717, 1.165) is 13.0 Å². The summed E-state index contributed by atoms with van der Waals surface area (Å²) >= 11 is -2.13. The van der Waals surface area contributed by atoms with Gasteiger partial charge in [0.25, 0.3) is 0 Å². The van der Waals surface area contributed by atoms with E-state index in [1.54, 1.807) is 13.3 Å². The number of rotatable bonds is 12. The Morgan fingerprint density at radius 3 is 2.08 bits per heavy atom. The standard InChI is InChI=1S/C10H15O2.3C4H9.Sn/c1-7-6-12-9-4-2-3-8(5-11)10(7)9;3*1-3-4-2;/h5,7-10H,1-4,6H2;3*1,3-4H2,2H3;/t7-,8+,9-,10+;;;;/m0..../s1. The van der Waals surface area contributed by atoms with Gasteiger partial charge in [0.15, 0.2) is 0 Å². The van der Waals surface area contributed by atoms with E-state index in [0.29, 0.717) is 23.9 Å². The van der Waals surface area contributed by atoms with Crippen LogP contribution in [0, 0.1) is 17.8 Å². The van der Waals surface area contributed by atoms with E-state index in [1.807, 2.05) is 0 Å². The second kappa shape index (κ2) is 11.3. The van der Waals surface area contributed by atoms with Crippen LogP contribution in [0.4, 0.5) is 0 Å². The molecule has 1 saturated heterocycles. The molecule has 1 heterocycles. The summed E-state index contributed by atoms with van der Waals surface area (Å²) in [6.07, 6.45) is 13.6. The number of ether oxygens (including phenoxy) is 1. The third kappa shape index (κ3) is 5.95. The molecule has 2 aliphatic rings. The van der Waals surface area contributed by atoms with Gasteiger partial charge >= 0.3 is 161 Å². The van der Waals surface area contributed by atoms with Crippen LogP contribution in [0.25, 0.3) is 0 Å². The van der Waals surface area contributed by atoms with Crippen molar-refractivity contribution in [2.24, 2.45) is 17.8 Å². The third-order valence-electron chi connectivity index (χ3n) is 7.07. The molecule has 0 unspecified atom stereocenters. The second-order valence-corrected chi connectivity index (χ2v) is 23.0. The van der Waals surface area contributed by atoms with Gasteiger partial charge in [-0.25, -0.2) is 0 Å². The van der Waals surface area contributed by atoms with Crippen LogP contribution in [0.15, 0.2) is 0 Å². The van der Waals surface area contributed by atoms with E-state index < -0.39 is 18.4 Å². The Bertz CT molecular complexity index is 362. The molecule has 146 valence electrons. The molecule has 3 heteroatoms. The average molecular weight is 457 g/mol. The number of hydrogen-bond acceptors (Lipinski definition) is 2. The first-order chi connectivity index (χ1) is 12.2. The van der Waals surface area contributed by atoms with Crippen molar-refractivity contribution < 1.29 is 9.53 Å². The number of carbonyl (C=O) groups excluding carboxylic acids is 1. The van der Waals surface area contributed by atoms with Gasteiger partial charge in [-0.05, 0) is 0 Å². The summed E-state index contributed by atoms with van der Waals surface area (Å²) in [4.78, 5) is 11.7. The Labute approximate surface area is 160 Å². The molecule has 0 spiro atoms. The van der Waals surface area contributed by atoms with Gasteiger partial charge < -0.3 is 0 Å². The Kier molecular flexibility index (Phi) is 9.83. The third-order valence-corrected chi connectivity index (χ3v) is 23.1. The Morgan fingerprint density at radius 2 is 1.56 bits per heavy atom. The molecule has 0 aromatic heterocycles. The summed E-state index contributed by atoms with van der Waals surface area (Å²) in [5.41, 5.74) is 0. The van der Waals surface area contributed by atoms with Crippen molar-refractivity contribution in [3.63, 3.8) is 0 Å². The van der Waals surface area contributed by atoms with Crippen molar-refractivity contribution in [2.75, 3.05) is 6.61 Å². The minimum absolute atomic E-state index is 0.291. The molecule has 2 nitrogen and oxygen atoms in total. The van der Waals surface area contributed by atoms with Crippen molar-refractivity contribution >= 4 is 24.7 Å². The molecule has 0 N–H and O–H groups in total. The predicted molar refractivity (Wildman–Crippen MR) is 110 cm³/mol. The van der Waals surface area contributed by atoms with Crippen molar-refractivity contribution in [2.45, 2.75) is 102 Å². The summed E-state index contributed by atoms with van der Waals surface area (Å²) in [5.74, 6) is 1.56. The predicted octanol–water partition coefficient (Wildman–Crippen LogP) is 6.47. The zero-order valence-electron chi connectivity index (χ0n) is 17.1. The number of aldehydes is 1. The number of hydrogen-bond donors (Lipinski definition) is 0. The summed E-state index contributed by atoms with van der Waals surface area (Å²) in [7, 11) is 0. The van der Waals surface area contributed by atoms with Crippen LogP contribution < -0.4 is 0 Å². The molecule has 1 aliphatic heterocycles. The zero-order valence-corrected chi connectivity index (χ0v) is 20.0. The SMILES string of the molecule is CCC[CH2][Sn]([CH2]CCC)([CH2]CCC)[CH2][C@H]1CO[C@H]2CCC[C@H](C=O)[C@@H]12. The molecule has 1 aliphatic carbocycles. The van der Waals surface area contributed by atoms with Gasteiger partial charge in [0, 0.05) is 0 Å². The Morgan fingerprint density at radius 1 is 0.960 bits per heavy atom. The van der Waals surface area contributed by atoms with Crippen molar-refractivity contribution in [3.05, 3.63) is 0 Å². The van der Waals surface area contributed by atoms with Gasteiger partial charge in [-0.2, -0.15) is 0 Å². The van der Waals surface area contributed by atoms with E-state index in [2.05, 4.69) is 20.8 Å². The quantitative estimate of drug-likeness (QED) is 0.248. The van der Waals surface area contributed by atoms with E-state index >= 15 is 0 Å². The average Bonchev–Trinajstić information content (AvgIpc) is 3.05. The molecule has 2 fully saturated rings. The molecule has 25 heavy (non-hydrogen) atoms. The molecule has 0 amide bonds. The summed E-state index contributed by atoms with van der Waals surface area (Å²) in [5, 5.41) is 0. The molecule has 0 radical (unpaired) electrons. The van der Waals surface area contributed by atoms with Crippen LogP contribution in [0.3, 0.4) is 0 Å². The molecular weight excluding hydrogens is 415 g/mol. The molecule has 1 saturated carbocycles. The Balaban J connectivity index is 2.13. The van der Waals surface area contributed by atoms with Gasteiger partial charge in [0.2, 0.25) is 0 Å². The van der Waals surface area contributed by atoms with Crippen LogP contribution in [0.2, 0.25) is 17.7 Å². The van der Waals surface area contributed by atoms with Crippen molar-refractivity contribution in [1.82, 2.24) is 0 Å². The first-order valence-electron chi connectivity index (χ1n) is 11.3. The van der Waals surface area contributed by atoms with Crippen LogP contribution >= 0.6 is 0 Å². The molecule has 0 aromatic carbocycles. The monoisotopic (exact) mass is 458 g/mol. The van der Waals surface area contributed by atoms with Crippen LogP contribution in [0.5, 0.6) is 0 Å². The zero-order chi connectivity index (χ0) is 18.1. The molecular formula is C22H42O2Sn.